The van der Waals surface area contributed by atoms with Crippen molar-refractivity contribution in [2.24, 2.45) is 0 Å². The summed E-state index contributed by atoms with van der Waals surface area (Å²) in [4.78, 5) is 16.8. The minimum absolute atomic E-state index is 0.0343. The average molecular weight is 474 g/mol. The maximum absolute atomic E-state index is 12.5. The number of carbonyl (C=O) groups is 1. The Morgan fingerprint density at radius 2 is 1.62 bits per heavy atom. The molecule has 1 aliphatic rings. The van der Waals surface area contributed by atoms with E-state index < -0.39 is 0 Å². The largest absolute Gasteiger partial charge is 0.484 e. The molecule has 1 heterocycles. The third-order valence-corrected chi connectivity index (χ3v) is 5.93. The summed E-state index contributed by atoms with van der Waals surface area (Å²) in [7, 11) is 0. The van der Waals surface area contributed by atoms with Crippen LogP contribution in [-0.2, 0) is 11.3 Å². The van der Waals surface area contributed by atoms with Gasteiger partial charge in [0.05, 0.1) is 0 Å². The van der Waals surface area contributed by atoms with Crippen LogP contribution in [0.5, 0.6) is 5.75 Å². The highest BCUT2D eigenvalue weighted by molar-refractivity contribution is 9.10. The molecule has 0 saturated carbocycles. The van der Waals surface area contributed by atoms with E-state index in [0.29, 0.717) is 0 Å². The van der Waals surface area contributed by atoms with Gasteiger partial charge >= 0.3 is 0 Å². The van der Waals surface area contributed by atoms with E-state index in [-0.39, 0.29) is 12.5 Å². The van der Waals surface area contributed by atoms with Crippen molar-refractivity contribution in [1.82, 2.24) is 9.80 Å². The number of hydrogen-bond acceptors (Lipinski definition) is 3. The summed E-state index contributed by atoms with van der Waals surface area (Å²) in [5.74, 6) is 0.751. The predicted octanol–water partition coefficient (Wildman–Crippen LogP) is 4.98. The molecule has 3 aromatic carbocycles. The molecule has 1 saturated heterocycles. The number of hydrogen-bond donors (Lipinski definition) is 0. The zero-order chi connectivity index (χ0) is 20.2. The molecule has 1 amide bonds. The van der Waals surface area contributed by atoms with Gasteiger partial charge in [0.15, 0.2) is 6.61 Å². The second-order valence-corrected chi connectivity index (χ2v) is 8.58. The van der Waals surface area contributed by atoms with Crippen LogP contribution >= 0.6 is 27.5 Å². The van der Waals surface area contributed by atoms with Gasteiger partial charge in [-0.3, -0.25) is 9.69 Å². The average Bonchev–Trinajstić information content (AvgIpc) is 2.74. The van der Waals surface area contributed by atoms with Gasteiger partial charge in [-0.15, -0.1) is 0 Å². The summed E-state index contributed by atoms with van der Waals surface area (Å²) in [5, 5.41) is 2.98. The van der Waals surface area contributed by atoms with E-state index in [2.05, 4.69) is 39.0 Å². The lowest BCUT2D eigenvalue weighted by molar-refractivity contribution is -0.135. The minimum Gasteiger partial charge on any atom is -0.484 e. The predicted molar refractivity (Wildman–Crippen MR) is 120 cm³/mol. The number of ether oxygens (including phenoxy) is 1. The number of amides is 1. The molecule has 0 aliphatic carbocycles. The molecule has 6 heteroatoms. The summed E-state index contributed by atoms with van der Waals surface area (Å²) < 4.78 is 6.81. The van der Waals surface area contributed by atoms with Crippen LogP contribution in [0, 0.1) is 0 Å². The third kappa shape index (κ3) is 5.30. The molecule has 3 aromatic rings. The number of fused-ring (bicyclic) bond motifs is 1. The molecule has 0 bridgehead atoms. The fourth-order valence-corrected chi connectivity index (χ4v) is 4.03. The molecule has 1 fully saturated rings. The van der Waals surface area contributed by atoms with Crippen LogP contribution in [0.15, 0.2) is 65.1 Å². The van der Waals surface area contributed by atoms with Gasteiger partial charge in [0.1, 0.15) is 5.75 Å². The Kier molecular flexibility index (Phi) is 6.38. The van der Waals surface area contributed by atoms with Gasteiger partial charge in [0, 0.05) is 42.2 Å². The van der Waals surface area contributed by atoms with E-state index in [1.165, 1.54) is 5.56 Å². The molecule has 0 aromatic heterocycles. The molecule has 29 heavy (non-hydrogen) atoms. The molecule has 4 rings (SSSR count). The quantitative estimate of drug-likeness (QED) is 0.524. The zero-order valence-corrected chi connectivity index (χ0v) is 18.3. The van der Waals surface area contributed by atoms with Gasteiger partial charge in [0.2, 0.25) is 0 Å². The Hall–Kier alpha value is -2.08. The summed E-state index contributed by atoms with van der Waals surface area (Å²) >= 11 is 9.43. The van der Waals surface area contributed by atoms with Crippen LogP contribution in [0.4, 0.5) is 0 Å². The Morgan fingerprint density at radius 1 is 0.931 bits per heavy atom. The van der Waals surface area contributed by atoms with Crippen molar-refractivity contribution in [1.29, 1.82) is 0 Å². The van der Waals surface area contributed by atoms with E-state index in [4.69, 9.17) is 16.3 Å². The second-order valence-electron chi connectivity index (χ2n) is 7.23. The number of piperazine rings is 1. The number of benzene rings is 3. The Bertz CT molecular complexity index is 1000. The Labute approximate surface area is 184 Å². The van der Waals surface area contributed by atoms with Gasteiger partial charge in [0.25, 0.3) is 5.91 Å². The van der Waals surface area contributed by atoms with Crippen molar-refractivity contribution in [2.45, 2.75) is 6.54 Å². The topological polar surface area (TPSA) is 32.8 Å². The number of nitrogens with zero attached hydrogens (tertiary/aromatic N) is 2. The summed E-state index contributed by atoms with van der Waals surface area (Å²) in [6, 6.07) is 19.9. The molecule has 0 N–H and O–H groups in total. The number of carbonyl (C=O) groups excluding carboxylic acids is 1. The standard InChI is InChI=1S/C23H22BrClN2O2/c24-20-5-3-19-14-22(8-4-18(19)13-20)29-16-23(28)27-11-9-26(10-12-27)15-17-1-6-21(25)7-2-17/h1-8,13-14H,9-12,15-16H2. The molecule has 150 valence electrons. The van der Waals surface area contributed by atoms with E-state index in [0.717, 1.165) is 58.7 Å². The van der Waals surface area contributed by atoms with Crippen LogP contribution in [0.1, 0.15) is 5.56 Å². The highest BCUT2D eigenvalue weighted by Gasteiger charge is 2.21. The summed E-state index contributed by atoms with van der Waals surface area (Å²) in [6.07, 6.45) is 0. The van der Waals surface area contributed by atoms with Crippen molar-refractivity contribution in [3.63, 3.8) is 0 Å². The Morgan fingerprint density at radius 3 is 2.38 bits per heavy atom. The van der Waals surface area contributed by atoms with Crippen molar-refractivity contribution < 1.29 is 9.53 Å². The smallest absolute Gasteiger partial charge is 0.260 e. The molecule has 0 radical (unpaired) electrons. The van der Waals surface area contributed by atoms with Crippen LogP contribution < -0.4 is 4.74 Å². The molecule has 0 spiro atoms. The first-order chi connectivity index (χ1) is 14.1. The Balaban J connectivity index is 1.26. The molecule has 1 aliphatic heterocycles. The first-order valence-electron chi connectivity index (χ1n) is 9.63. The van der Waals surface area contributed by atoms with Gasteiger partial charge in [-0.1, -0.05) is 51.8 Å². The van der Waals surface area contributed by atoms with Crippen molar-refractivity contribution in [3.05, 3.63) is 75.7 Å². The van der Waals surface area contributed by atoms with Crippen LogP contribution in [0.2, 0.25) is 5.02 Å². The maximum atomic E-state index is 12.5. The number of rotatable bonds is 5. The van der Waals surface area contributed by atoms with Gasteiger partial charge < -0.3 is 9.64 Å². The molecule has 0 unspecified atom stereocenters. The minimum atomic E-state index is 0.0343. The van der Waals surface area contributed by atoms with Crippen molar-refractivity contribution in [3.8, 4) is 5.75 Å². The molecule has 0 atom stereocenters. The first kappa shape index (κ1) is 20.2. The lowest BCUT2D eigenvalue weighted by Gasteiger charge is -2.34. The fraction of sp³-hybridized carbons (Fsp3) is 0.261. The SMILES string of the molecule is O=C(COc1ccc2cc(Br)ccc2c1)N1CCN(Cc2ccc(Cl)cc2)CC1. The highest BCUT2D eigenvalue weighted by Crippen LogP contribution is 2.24. The normalized spacial score (nSPS) is 14.9. The fourth-order valence-electron chi connectivity index (χ4n) is 3.52. The van der Waals surface area contributed by atoms with Crippen LogP contribution in [0.25, 0.3) is 10.8 Å². The van der Waals surface area contributed by atoms with Crippen LogP contribution in [-0.4, -0.2) is 48.5 Å². The monoisotopic (exact) mass is 472 g/mol. The molecule has 4 nitrogen and oxygen atoms in total. The van der Waals surface area contributed by atoms with Crippen molar-refractivity contribution >= 4 is 44.2 Å². The lowest BCUT2D eigenvalue weighted by atomic mass is 10.1. The van der Waals surface area contributed by atoms with E-state index in [9.17, 15) is 4.79 Å². The lowest BCUT2D eigenvalue weighted by Crippen LogP contribution is -2.49. The van der Waals surface area contributed by atoms with E-state index in [1.807, 2.05) is 47.4 Å². The van der Waals surface area contributed by atoms with Gasteiger partial charge in [-0.25, -0.2) is 0 Å². The highest BCUT2D eigenvalue weighted by atomic mass is 79.9. The van der Waals surface area contributed by atoms with Crippen LogP contribution in [0.3, 0.4) is 0 Å². The maximum Gasteiger partial charge on any atom is 0.260 e. The summed E-state index contributed by atoms with van der Waals surface area (Å²) in [6.45, 7) is 4.11. The zero-order valence-electron chi connectivity index (χ0n) is 16.0. The molecular formula is C23H22BrClN2O2. The number of halogens is 2. The van der Waals surface area contributed by atoms with Crippen molar-refractivity contribution in [2.75, 3.05) is 32.8 Å². The molecular weight excluding hydrogens is 452 g/mol. The van der Waals surface area contributed by atoms with Gasteiger partial charge in [-0.2, -0.15) is 0 Å². The van der Waals surface area contributed by atoms with E-state index >= 15 is 0 Å². The second kappa shape index (κ2) is 9.16. The summed E-state index contributed by atoms with van der Waals surface area (Å²) in [5.41, 5.74) is 1.24. The third-order valence-electron chi connectivity index (χ3n) is 5.18. The van der Waals surface area contributed by atoms with Gasteiger partial charge in [-0.05, 0) is 52.7 Å². The first-order valence-corrected chi connectivity index (χ1v) is 10.8. The van der Waals surface area contributed by atoms with E-state index in [1.54, 1.807) is 0 Å².